The molecule has 1 saturated heterocycles. The first kappa shape index (κ1) is 11.5. The summed E-state index contributed by atoms with van der Waals surface area (Å²) >= 11 is 0. The fraction of sp³-hybridized carbons (Fsp3) is 0.909. The van der Waals surface area contributed by atoms with Gasteiger partial charge in [0.25, 0.3) is 0 Å². The number of hydrogen-bond acceptors (Lipinski definition) is 2. The third kappa shape index (κ3) is 3.29. The summed E-state index contributed by atoms with van der Waals surface area (Å²) in [6.45, 7) is 4.72. The van der Waals surface area contributed by atoms with Crippen LogP contribution in [0.25, 0.3) is 0 Å². The Balaban J connectivity index is 2.41. The van der Waals surface area contributed by atoms with Gasteiger partial charge in [-0.2, -0.15) is 0 Å². The maximum absolute atomic E-state index is 11.0. The van der Waals surface area contributed by atoms with Crippen LogP contribution < -0.4 is 0 Å². The second-order valence-electron chi connectivity index (χ2n) is 4.41. The molecular formula is C11H20O3. The summed E-state index contributed by atoms with van der Waals surface area (Å²) in [6, 6.07) is 0. The molecule has 1 heterocycles. The van der Waals surface area contributed by atoms with Crippen LogP contribution in [0.5, 0.6) is 0 Å². The van der Waals surface area contributed by atoms with Crippen molar-refractivity contribution in [3.05, 3.63) is 0 Å². The summed E-state index contributed by atoms with van der Waals surface area (Å²) in [5.74, 6) is -0.745. The van der Waals surface area contributed by atoms with Crippen LogP contribution in [0.3, 0.4) is 0 Å². The quantitative estimate of drug-likeness (QED) is 0.757. The van der Waals surface area contributed by atoms with Crippen LogP contribution in [0.2, 0.25) is 0 Å². The molecule has 0 spiro atoms. The Labute approximate surface area is 85.5 Å². The molecule has 0 amide bonds. The van der Waals surface area contributed by atoms with Crippen molar-refractivity contribution < 1.29 is 14.6 Å². The van der Waals surface area contributed by atoms with Gasteiger partial charge in [0.15, 0.2) is 0 Å². The lowest BCUT2D eigenvalue weighted by Gasteiger charge is -2.26. The molecule has 0 saturated carbocycles. The lowest BCUT2D eigenvalue weighted by Crippen LogP contribution is -2.28. The first-order chi connectivity index (χ1) is 6.61. The van der Waals surface area contributed by atoms with Crippen LogP contribution in [-0.2, 0) is 9.53 Å². The van der Waals surface area contributed by atoms with Crippen LogP contribution in [0.4, 0.5) is 0 Å². The fourth-order valence-electron chi connectivity index (χ4n) is 1.93. The highest BCUT2D eigenvalue weighted by atomic mass is 16.5. The molecule has 0 aromatic rings. The van der Waals surface area contributed by atoms with Crippen molar-refractivity contribution in [3.8, 4) is 0 Å². The van der Waals surface area contributed by atoms with Crippen molar-refractivity contribution in [1.82, 2.24) is 0 Å². The second-order valence-corrected chi connectivity index (χ2v) is 4.41. The molecule has 0 radical (unpaired) electrons. The topological polar surface area (TPSA) is 46.5 Å². The van der Waals surface area contributed by atoms with E-state index in [1.54, 1.807) is 0 Å². The summed E-state index contributed by atoms with van der Waals surface area (Å²) < 4.78 is 5.55. The Morgan fingerprint density at radius 2 is 2.21 bits per heavy atom. The zero-order valence-electron chi connectivity index (χ0n) is 9.03. The molecule has 1 rings (SSSR count). The van der Waals surface area contributed by atoms with E-state index in [2.05, 4.69) is 0 Å². The molecule has 3 nitrogen and oxygen atoms in total. The van der Waals surface area contributed by atoms with E-state index in [9.17, 15) is 4.79 Å². The van der Waals surface area contributed by atoms with Crippen molar-refractivity contribution in [2.75, 3.05) is 6.61 Å². The molecule has 1 N–H and O–H groups in total. The SMILES string of the molecule is CC(C)C(CC1CCCCO1)C(=O)O. The van der Waals surface area contributed by atoms with Gasteiger partial charge in [0.05, 0.1) is 12.0 Å². The number of carboxylic acid groups (broad SMARTS) is 1. The summed E-state index contributed by atoms with van der Waals surface area (Å²) in [5, 5.41) is 9.02. The summed E-state index contributed by atoms with van der Waals surface area (Å²) in [5.41, 5.74) is 0. The third-order valence-corrected chi connectivity index (χ3v) is 2.91. The van der Waals surface area contributed by atoms with Crippen molar-refractivity contribution in [1.29, 1.82) is 0 Å². The van der Waals surface area contributed by atoms with Gasteiger partial charge in [0.2, 0.25) is 0 Å². The van der Waals surface area contributed by atoms with Crippen LogP contribution in [0.15, 0.2) is 0 Å². The van der Waals surface area contributed by atoms with Crippen LogP contribution in [0, 0.1) is 11.8 Å². The lowest BCUT2D eigenvalue weighted by molar-refractivity contribution is -0.145. The van der Waals surface area contributed by atoms with Gasteiger partial charge >= 0.3 is 5.97 Å². The smallest absolute Gasteiger partial charge is 0.306 e. The van der Waals surface area contributed by atoms with Gasteiger partial charge < -0.3 is 9.84 Å². The molecular weight excluding hydrogens is 180 g/mol. The van der Waals surface area contributed by atoms with Gasteiger partial charge in [0.1, 0.15) is 0 Å². The molecule has 0 aromatic heterocycles. The molecule has 14 heavy (non-hydrogen) atoms. The lowest BCUT2D eigenvalue weighted by atomic mass is 9.88. The minimum atomic E-state index is -0.686. The fourth-order valence-corrected chi connectivity index (χ4v) is 1.93. The molecule has 2 atom stereocenters. The predicted octanol–water partition coefficient (Wildman–Crippen LogP) is 2.30. The van der Waals surface area contributed by atoms with Crippen LogP contribution >= 0.6 is 0 Å². The minimum absolute atomic E-state index is 0.173. The van der Waals surface area contributed by atoms with Gasteiger partial charge in [-0.05, 0) is 31.6 Å². The summed E-state index contributed by atoms with van der Waals surface area (Å²) in [4.78, 5) is 11.0. The highest BCUT2D eigenvalue weighted by molar-refractivity contribution is 5.70. The van der Waals surface area contributed by atoms with E-state index in [-0.39, 0.29) is 17.9 Å². The van der Waals surface area contributed by atoms with Crippen molar-refractivity contribution in [3.63, 3.8) is 0 Å². The Bertz CT molecular complexity index is 183. The Morgan fingerprint density at radius 1 is 1.50 bits per heavy atom. The van der Waals surface area contributed by atoms with Crippen molar-refractivity contribution >= 4 is 5.97 Å². The van der Waals surface area contributed by atoms with E-state index in [0.717, 1.165) is 19.4 Å². The molecule has 1 fully saturated rings. The zero-order valence-corrected chi connectivity index (χ0v) is 9.03. The zero-order chi connectivity index (χ0) is 10.6. The van der Waals surface area contributed by atoms with Gasteiger partial charge in [-0.1, -0.05) is 13.8 Å². The van der Waals surface area contributed by atoms with E-state index in [4.69, 9.17) is 9.84 Å². The molecule has 3 heteroatoms. The molecule has 0 aromatic carbocycles. The molecule has 0 bridgehead atoms. The molecule has 1 aliphatic rings. The minimum Gasteiger partial charge on any atom is -0.481 e. The predicted molar refractivity (Wildman–Crippen MR) is 54.2 cm³/mol. The first-order valence-corrected chi connectivity index (χ1v) is 5.45. The number of hydrogen-bond donors (Lipinski definition) is 1. The third-order valence-electron chi connectivity index (χ3n) is 2.91. The Kier molecular flexibility index (Phi) is 4.39. The van der Waals surface area contributed by atoms with E-state index < -0.39 is 5.97 Å². The van der Waals surface area contributed by atoms with Gasteiger partial charge in [0, 0.05) is 6.61 Å². The number of carboxylic acids is 1. The van der Waals surface area contributed by atoms with Crippen molar-refractivity contribution in [2.24, 2.45) is 11.8 Å². The number of ether oxygens (including phenoxy) is 1. The molecule has 1 aliphatic heterocycles. The maximum Gasteiger partial charge on any atom is 0.306 e. The Hall–Kier alpha value is -0.570. The van der Waals surface area contributed by atoms with E-state index in [0.29, 0.717) is 6.42 Å². The number of rotatable bonds is 4. The van der Waals surface area contributed by atoms with E-state index in [1.807, 2.05) is 13.8 Å². The first-order valence-electron chi connectivity index (χ1n) is 5.45. The maximum atomic E-state index is 11.0. The van der Waals surface area contributed by atoms with Gasteiger partial charge in [-0.3, -0.25) is 4.79 Å². The number of carbonyl (C=O) groups is 1. The van der Waals surface area contributed by atoms with Crippen molar-refractivity contribution in [2.45, 2.75) is 45.6 Å². The van der Waals surface area contributed by atoms with Crippen LogP contribution in [-0.4, -0.2) is 23.8 Å². The van der Waals surface area contributed by atoms with Gasteiger partial charge in [-0.25, -0.2) is 0 Å². The average Bonchev–Trinajstić information content (AvgIpc) is 2.15. The summed E-state index contributed by atoms with van der Waals surface area (Å²) in [6.07, 6.45) is 4.17. The standard InChI is InChI=1S/C11H20O3/c1-8(2)10(11(12)13)7-9-5-3-4-6-14-9/h8-10H,3-7H2,1-2H3,(H,12,13). The molecule has 82 valence electrons. The van der Waals surface area contributed by atoms with Gasteiger partial charge in [-0.15, -0.1) is 0 Å². The highest BCUT2D eigenvalue weighted by Crippen LogP contribution is 2.24. The van der Waals surface area contributed by atoms with E-state index in [1.165, 1.54) is 6.42 Å². The summed E-state index contributed by atoms with van der Waals surface area (Å²) in [7, 11) is 0. The normalized spacial score (nSPS) is 24.9. The highest BCUT2D eigenvalue weighted by Gasteiger charge is 2.26. The monoisotopic (exact) mass is 200 g/mol. The second kappa shape index (κ2) is 5.35. The average molecular weight is 200 g/mol. The largest absolute Gasteiger partial charge is 0.481 e. The molecule has 2 unspecified atom stereocenters. The molecule has 0 aliphatic carbocycles. The Morgan fingerprint density at radius 3 is 2.64 bits per heavy atom. The number of aliphatic carboxylic acids is 1. The van der Waals surface area contributed by atoms with E-state index >= 15 is 0 Å². The van der Waals surface area contributed by atoms with Crippen LogP contribution in [0.1, 0.15) is 39.5 Å².